The number of nitrogens with zero attached hydrogens (tertiary/aromatic N) is 3. The molecule has 8 heteroatoms. The highest BCUT2D eigenvalue weighted by Crippen LogP contribution is 2.42. The summed E-state index contributed by atoms with van der Waals surface area (Å²) >= 11 is 5.84. The lowest BCUT2D eigenvalue weighted by molar-refractivity contribution is -0.385. The fourth-order valence-corrected chi connectivity index (χ4v) is 2.22. The van der Waals surface area contributed by atoms with Crippen molar-refractivity contribution in [3.63, 3.8) is 0 Å². The van der Waals surface area contributed by atoms with E-state index in [2.05, 4.69) is 9.97 Å². The van der Waals surface area contributed by atoms with Crippen molar-refractivity contribution in [2.75, 3.05) is 14.2 Å². The van der Waals surface area contributed by atoms with Crippen LogP contribution in [0, 0.1) is 17.0 Å². The molecule has 0 spiro atoms. The van der Waals surface area contributed by atoms with E-state index in [-0.39, 0.29) is 22.4 Å². The van der Waals surface area contributed by atoms with E-state index in [1.54, 1.807) is 18.2 Å². The molecule has 0 aliphatic rings. The lowest BCUT2D eigenvalue weighted by Gasteiger charge is -2.13. The van der Waals surface area contributed by atoms with Crippen molar-refractivity contribution in [1.82, 2.24) is 9.97 Å². The maximum absolute atomic E-state index is 11.3. The third-order valence-corrected chi connectivity index (χ3v) is 3.05. The zero-order valence-electron chi connectivity index (χ0n) is 11.6. The molecule has 1 aromatic heterocycles. The average molecular weight is 310 g/mol. The van der Waals surface area contributed by atoms with Crippen molar-refractivity contribution in [1.29, 1.82) is 0 Å². The Morgan fingerprint density at radius 2 is 1.76 bits per heavy atom. The van der Waals surface area contributed by atoms with Crippen molar-refractivity contribution < 1.29 is 14.4 Å². The number of benzene rings is 1. The highest BCUT2D eigenvalue weighted by atomic mass is 35.5. The first kappa shape index (κ1) is 15.0. The quantitative estimate of drug-likeness (QED) is 0.490. The molecule has 21 heavy (non-hydrogen) atoms. The molecule has 2 aromatic rings. The number of methoxy groups -OCH3 is 2. The van der Waals surface area contributed by atoms with Crippen LogP contribution in [0.1, 0.15) is 5.69 Å². The summed E-state index contributed by atoms with van der Waals surface area (Å²) in [7, 11) is 2.92. The highest BCUT2D eigenvalue weighted by molar-refractivity contribution is 6.28. The minimum Gasteiger partial charge on any atom is -0.496 e. The lowest BCUT2D eigenvalue weighted by atomic mass is 10.1. The first-order valence-corrected chi connectivity index (χ1v) is 6.27. The van der Waals surface area contributed by atoms with Crippen LogP contribution in [0.15, 0.2) is 18.2 Å². The minimum absolute atomic E-state index is 0.0619. The first-order valence-electron chi connectivity index (χ1n) is 5.89. The van der Waals surface area contributed by atoms with E-state index < -0.39 is 4.92 Å². The molecule has 0 unspecified atom stereocenters. The molecule has 110 valence electrons. The number of aryl methyl sites for hydroxylation is 1. The number of hydrogen-bond acceptors (Lipinski definition) is 6. The molecule has 7 nitrogen and oxygen atoms in total. The second-order valence-corrected chi connectivity index (χ2v) is 4.41. The van der Waals surface area contributed by atoms with Crippen LogP contribution in [0.4, 0.5) is 5.69 Å². The van der Waals surface area contributed by atoms with Gasteiger partial charge in [0.2, 0.25) is 5.28 Å². The number of aromatic nitrogens is 2. The Morgan fingerprint density at radius 1 is 1.19 bits per heavy atom. The van der Waals surface area contributed by atoms with Crippen LogP contribution in [0.3, 0.4) is 0 Å². The Labute approximate surface area is 125 Å². The Balaban J connectivity index is 2.87. The second-order valence-electron chi connectivity index (χ2n) is 4.07. The van der Waals surface area contributed by atoms with Gasteiger partial charge in [-0.15, -0.1) is 0 Å². The summed E-state index contributed by atoms with van der Waals surface area (Å²) in [4.78, 5) is 18.6. The smallest absolute Gasteiger partial charge is 0.316 e. The Kier molecular flexibility index (Phi) is 4.23. The molecular formula is C13H12ClN3O4. The molecule has 0 aliphatic carbocycles. The van der Waals surface area contributed by atoms with Crippen LogP contribution in [0.25, 0.3) is 11.3 Å². The number of nitro groups is 1. The molecule has 0 bridgehead atoms. The van der Waals surface area contributed by atoms with Gasteiger partial charge in [-0.25, -0.2) is 9.97 Å². The van der Waals surface area contributed by atoms with Gasteiger partial charge in [0.1, 0.15) is 17.2 Å². The van der Waals surface area contributed by atoms with Crippen molar-refractivity contribution in [3.05, 3.63) is 39.3 Å². The first-order chi connectivity index (χ1) is 9.99. The van der Waals surface area contributed by atoms with Gasteiger partial charge in [-0.1, -0.05) is 6.07 Å². The van der Waals surface area contributed by atoms with Crippen LogP contribution in [-0.4, -0.2) is 29.1 Å². The van der Waals surface area contributed by atoms with Gasteiger partial charge < -0.3 is 9.47 Å². The molecule has 0 N–H and O–H groups in total. The average Bonchev–Trinajstić information content (AvgIpc) is 2.44. The molecule has 0 fully saturated rings. The van der Waals surface area contributed by atoms with Crippen LogP contribution >= 0.6 is 11.6 Å². The summed E-state index contributed by atoms with van der Waals surface area (Å²) in [6.45, 7) is 1.50. The highest BCUT2D eigenvalue weighted by Gasteiger charge is 2.27. The van der Waals surface area contributed by atoms with Crippen LogP contribution in [0.2, 0.25) is 5.28 Å². The van der Waals surface area contributed by atoms with E-state index in [1.807, 2.05) is 0 Å². The van der Waals surface area contributed by atoms with Gasteiger partial charge in [0, 0.05) is 0 Å². The molecule has 2 rings (SSSR count). The maximum Gasteiger partial charge on any atom is 0.316 e. The number of hydrogen-bond donors (Lipinski definition) is 0. The van der Waals surface area contributed by atoms with Gasteiger partial charge in [-0.3, -0.25) is 10.1 Å². The Hall–Kier alpha value is -2.41. The summed E-state index contributed by atoms with van der Waals surface area (Å²) in [6, 6.07) is 5.03. The van der Waals surface area contributed by atoms with Crippen molar-refractivity contribution in [2.24, 2.45) is 0 Å². The third kappa shape index (κ3) is 2.73. The molecule has 0 aliphatic heterocycles. The van der Waals surface area contributed by atoms with E-state index in [9.17, 15) is 10.1 Å². The monoisotopic (exact) mass is 309 g/mol. The SMILES string of the molecule is COc1cccc(OC)c1-c1nc(Cl)nc(C)c1[N+](=O)[O-]. The van der Waals surface area contributed by atoms with E-state index in [4.69, 9.17) is 21.1 Å². The van der Waals surface area contributed by atoms with E-state index in [1.165, 1.54) is 21.1 Å². The predicted octanol–water partition coefficient (Wildman–Crippen LogP) is 3.03. The summed E-state index contributed by atoms with van der Waals surface area (Å²) in [6.07, 6.45) is 0. The fraction of sp³-hybridized carbons (Fsp3) is 0.231. The summed E-state index contributed by atoms with van der Waals surface area (Å²) in [5, 5.41) is 11.2. The van der Waals surface area contributed by atoms with Crippen LogP contribution < -0.4 is 9.47 Å². The van der Waals surface area contributed by atoms with Crippen LogP contribution in [-0.2, 0) is 0 Å². The van der Waals surface area contributed by atoms with Crippen molar-refractivity contribution in [3.8, 4) is 22.8 Å². The second kappa shape index (κ2) is 5.92. The van der Waals surface area contributed by atoms with Crippen molar-refractivity contribution in [2.45, 2.75) is 6.92 Å². The van der Waals surface area contributed by atoms with Gasteiger partial charge >= 0.3 is 5.69 Å². The maximum atomic E-state index is 11.3. The minimum atomic E-state index is -0.549. The van der Waals surface area contributed by atoms with Crippen molar-refractivity contribution >= 4 is 17.3 Å². The molecule has 0 saturated heterocycles. The van der Waals surface area contributed by atoms with E-state index >= 15 is 0 Å². The van der Waals surface area contributed by atoms with Gasteiger partial charge in [0.05, 0.1) is 24.7 Å². The van der Waals surface area contributed by atoms with E-state index in [0.29, 0.717) is 17.1 Å². The van der Waals surface area contributed by atoms with Crippen LogP contribution in [0.5, 0.6) is 11.5 Å². The molecule has 0 radical (unpaired) electrons. The van der Waals surface area contributed by atoms with Gasteiger partial charge in [-0.2, -0.15) is 0 Å². The number of ether oxygens (including phenoxy) is 2. The van der Waals surface area contributed by atoms with Gasteiger partial charge in [0.25, 0.3) is 0 Å². The van der Waals surface area contributed by atoms with Gasteiger partial charge in [-0.05, 0) is 30.7 Å². The fourth-order valence-electron chi connectivity index (χ4n) is 2.01. The third-order valence-electron chi connectivity index (χ3n) is 2.88. The normalized spacial score (nSPS) is 10.3. The number of halogens is 1. The lowest BCUT2D eigenvalue weighted by Crippen LogP contribution is -2.03. The molecular weight excluding hydrogens is 298 g/mol. The summed E-state index contributed by atoms with van der Waals surface area (Å²) in [5.41, 5.74) is 0.360. The molecule has 1 heterocycles. The van der Waals surface area contributed by atoms with Gasteiger partial charge in [0.15, 0.2) is 5.69 Å². The number of rotatable bonds is 4. The standard InChI is InChI=1S/C13H12ClN3O4/c1-7-12(17(18)19)11(16-13(14)15-7)10-8(20-2)5-4-6-9(10)21-3/h4-6H,1-3H3. The molecule has 1 aromatic carbocycles. The largest absolute Gasteiger partial charge is 0.496 e. The topological polar surface area (TPSA) is 87.4 Å². The predicted molar refractivity (Wildman–Crippen MR) is 77.0 cm³/mol. The summed E-state index contributed by atoms with van der Waals surface area (Å²) < 4.78 is 10.5. The Morgan fingerprint density at radius 3 is 2.24 bits per heavy atom. The zero-order valence-corrected chi connectivity index (χ0v) is 12.3. The zero-order chi connectivity index (χ0) is 15.6. The van der Waals surface area contributed by atoms with E-state index in [0.717, 1.165) is 0 Å². The molecule has 0 saturated carbocycles. The molecule has 0 amide bonds. The Bertz CT molecular complexity index is 684. The molecule has 0 atom stereocenters. The summed E-state index contributed by atoms with van der Waals surface area (Å²) in [5.74, 6) is 0.790.